The van der Waals surface area contributed by atoms with Crippen molar-refractivity contribution < 1.29 is 18.7 Å². The van der Waals surface area contributed by atoms with E-state index in [2.05, 4.69) is 5.32 Å². The lowest BCUT2D eigenvalue weighted by atomic mass is 10.1. The van der Waals surface area contributed by atoms with E-state index < -0.39 is 0 Å². The normalized spacial score (nSPS) is 10.3. The summed E-state index contributed by atoms with van der Waals surface area (Å²) in [5.41, 5.74) is 1.59. The lowest BCUT2D eigenvalue weighted by Crippen LogP contribution is -2.37. The smallest absolute Gasteiger partial charge is 0.224 e. The Morgan fingerprint density at radius 2 is 1.85 bits per heavy atom. The molecular formula is C20H23FN2O3. The lowest BCUT2D eigenvalue weighted by molar-refractivity contribution is -0.130. The van der Waals surface area contributed by atoms with Gasteiger partial charge in [-0.25, -0.2) is 4.39 Å². The molecule has 0 radical (unpaired) electrons. The molecule has 2 rings (SSSR count). The van der Waals surface area contributed by atoms with Crippen LogP contribution >= 0.6 is 0 Å². The highest BCUT2D eigenvalue weighted by atomic mass is 19.1. The van der Waals surface area contributed by atoms with Gasteiger partial charge in [0.25, 0.3) is 0 Å². The van der Waals surface area contributed by atoms with Crippen LogP contribution in [-0.4, -0.2) is 36.9 Å². The highest BCUT2D eigenvalue weighted by molar-refractivity contribution is 5.78. The molecular weight excluding hydrogens is 335 g/mol. The first-order valence-electron chi connectivity index (χ1n) is 8.37. The second-order valence-corrected chi connectivity index (χ2v) is 5.95. The van der Waals surface area contributed by atoms with Crippen LogP contribution < -0.4 is 10.1 Å². The van der Waals surface area contributed by atoms with Crippen molar-refractivity contribution in [1.82, 2.24) is 10.2 Å². The Morgan fingerprint density at radius 1 is 1.12 bits per heavy atom. The molecule has 6 heteroatoms. The van der Waals surface area contributed by atoms with Crippen molar-refractivity contribution in [3.8, 4) is 5.75 Å². The highest BCUT2D eigenvalue weighted by Crippen LogP contribution is 2.13. The summed E-state index contributed by atoms with van der Waals surface area (Å²) in [7, 11) is 1.60. The van der Waals surface area contributed by atoms with E-state index in [0.29, 0.717) is 25.2 Å². The predicted molar refractivity (Wildman–Crippen MR) is 97.2 cm³/mol. The standard InChI is InChI=1S/C20H23FN2O3/c1-15(24)23(14-16-6-8-19(26-2)9-7-16)11-10-22-20(25)13-17-4-3-5-18(21)12-17/h3-9,12H,10-11,13-14H2,1-2H3,(H,22,25). The van der Waals surface area contributed by atoms with Gasteiger partial charge in [-0.2, -0.15) is 0 Å². The van der Waals surface area contributed by atoms with E-state index in [1.54, 1.807) is 24.1 Å². The van der Waals surface area contributed by atoms with E-state index >= 15 is 0 Å². The molecule has 0 aromatic heterocycles. The zero-order chi connectivity index (χ0) is 18.9. The molecule has 0 bridgehead atoms. The number of ether oxygens (including phenoxy) is 1. The third-order valence-electron chi connectivity index (χ3n) is 3.94. The van der Waals surface area contributed by atoms with Gasteiger partial charge >= 0.3 is 0 Å². The Kier molecular flexibility index (Phi) is 7.14. The number of hydrogen-bond donors (Lipinski definition) is 1. The van der Waals surface area contributed by atoms with Crippen LogP contribution in [0.1, 0.15) is 18.1 Å². The molecule has 0 fully saturated rings. The van der Waals surface area contributed by atoms with Crippen LogP contribution in [0.15, 0.2) is 48.5 Å². The summed E-state index contributed by atoms with van der Waals surface area (Å²) < 4.78 is 18.3. The van der Waals surface area contributed by atoms with Crippen molar-refractivity contribution in [2.75, 3.05) is 20.2 Å². The number of halogens is 1. The lowest BCUT2D eigenvalue weighted by Gasteiger charge is -2.21. The number of benzene rings is 2. The van der Waals surface area contributed by atoms with Gasteiger partial charge in [-0.3, -0.25) is 9.59 Å². The van der Waals surface area contributed by atoms with Gasteiger partial charge in [-0.1, -0.05) is 24.3 Å². The van der Waals surface area contributed by atoms with Crippen LogP contribution in [0.3, 0.4) is 0 Å². The maximum Gasteiger partial charge on any atom is 0.224 e. The second-order valence-electron chi connectivity index (χ2n) is 5.95. The molecule has 0 atom stereocenters. The maximum absolute atomic E-state index is 13.1. The predicted octanol–water partition coefficient (Wildman–Crippen LogP) is 2.54. The third kappa shape index (κ3) is 6.20. The van der Waals surface area contributed by atoms with Crippen LogP contribution in [0, 0.1) is 5.82 Å². The Hall–Kier alpha value is -2.89. The van der Waals surface area contributed by atoms with Crippen LogP contribution in [0.25, 0.3) is 0 Å². The van der Waals surface area contributed by atoms with Crippen molar-refractivity contribution in [3.05, 3.63) is 65.5 Å². The molecule has 26 heavy (non-hydrogen) atoms. The SMILES string of the molecule is COc1ccc(CN(CCNC(=O)Cc2cccc(F)c2)C(C)=O)cc1. The van der Waals surface area contributed by atoms with Gasteiger partial charge in [-0.15, -0.1) is 0 Å². The number of hydrogen-bond acceptors (Lipinski definition) is 3. The van der Waals surface area contributed by atoms with Gasteiger partial charge < -0.3 is 15.0 Å². The molecule has 1 N–H and O–H groups in total. The monoisotopic (exact) mass is 358 g/mol. The van der Waals surface area contributed by atoms with E-state index in [-0.39, 0.29) is 24.1 Å². The second kappa shape index (κ2) is 9.56. The summed E-state index contributed by atoms with van der Waals surface area (Å²) in [4.78, 5) is 25.4. The van der Waals surface area contributed by atoms with Crippen molar-refractivity contribution in [3.63, 3.8) is 0 Å². The number of methoxy groups -OCH3 is 1. The van der Waals surface area contributed by atoms with E-state index in [1.165, 1.54) is 19.1 Å². The first-order valence-corrected chi connectivity index (χ1v) is 8.37. The minimum Gasteiger partial charge on any atom is -0.497 e. The Labute approximate surface area is 152 Å². The van der Waals surface area contributed by atoms with Crippen LogP contribution in [0.2, 0.25) is 0 Å². The number of carbonyl (C=O) groups is 2. The van der Waals surface area contributed by atoms with Gasteiger partial charge in [0.1, 0.15) is 11.6 Å². The largest absolute Gasteiger partial charge is 0.497 e. The third-order valence-corrected chi connectivity index (χ3v) is 3.94. The number of rotatable bonds is 8. The van der Waals surface area contributed by atoms with Crippen LogP contribution in [0.4, 0.5) is 4.39 Å². The van der Waals surface area contributed by atoms with E-state index in [4.69, 9.17) is 4.74 Å². The maximum atomic E-state index is 13.1. The average Bonchev–Trinajstić information content (AvgIpc) is 2.61. The quantitative estimate of drug-likeness (QED) is 0.789. The van der Waals surface area contributed by atoms with Crippen LogP contribution in [-0.2, 0) is 22.6 Å². The zero-order valence-corrected chi connectivity index (χ0v) is 15.0. The fourth-order valence-electron chi connectivity index (χ4n) is 2.52. The summed E-state index contributed by atoms with van der Waals surface area (Å²) >= 11 is 0. The first-order chi connectivity index (χ1) is 12.5. The summed E-state index contributed by atoms with van der Waals surface area (Å²) in [6.45, 7) is 2.69. The van der Waals surface area contributed by atoms with Crippen molar-refractivity contribution in [2.45, 2.75) is 19.9 Å². The molecule has 0 saturated heterocycles. The van der Waals surface area contributed by atoms with Gasteiger partial charge in [0.15, 0.2) is 0 Å². The number of carbonyl (C=O) groups excluding carboxylic acids is 2. The van der Waals surface area contributed by atoms with E-state index in [0.717, 1.165) is 11.3 Å². The molecule has 0 saturated carbocycles. The minimum atomic E-state index is -0.363. The molecule has 0 heterocycles. The van der Waals surface area contributed by atoms with Gasteiger partial charge in [0, 0.05) is 26.6 Å². The Bertz CT molecular complexity index is 747. The van der Waals surface area contributed by atoms with Gasteiger partial charge in [0.2, 0.25) is 11.8 Å². The molecule has 0 unspecified atom stereocenters. The number of nitrogens with one attached hydrogen (secondary N) is 1. The van der Waals surface area contributed by atoms with Gasteiger partial charge in [-0.05, 0) is 35.4 Å². The minimum absolute atomic E-state index is 0.0693. The fraction of sp³-hybridized carbons (Fsp3) is 0.300. The topological polar surface area (TPSA) is 58.6 Å². The summed E-state index contributed by atoms with van der Waals surface area (Å²) in [5, 5.41) is 2.76. The van der Waals surface area contributed by atoms with E-state index in [9.17, 15) is 14.0 Å². The van der Waals surface area contributed by atoms with Crippen LogP contribution in [0.5, 0.6) is 5.75 Å². The molecule has 2 aromatic carbocycles. The van der Waals surface area contributed by atoms with Crippen molar-refractivity contribution in [2.24, 2.45) is 0 Å². The highest BCUT2D eigenvalue weighted by Gasteiger charge is 2.11. The van der Waals surface area contributed by atoms with Crippen molar-refractivity contribution in [1.29, 1.82) is 0 Å². The van der Waals surface area contributed by atoms with Crippen molar-refractivity contribution >= 4 is 11.8 Å². The summed E-state index contributed by atoms with van der Waals surface area (Å²) in [6.07, 6.45) is 0.107. The number of nitrogens with zero attached hydrogens (tertiary/aromatic N) is 1. The molecule has 0 aliphatic heterocycles. The summed E-state index contributed by atoms with van der Waals surface area (Å²) in [5.74, 6) is 0.119. The zero-order valence-electron chi connectivity index (χ0n) is 15.0. The Morgan fingerprint density at radius 3 is 2.46 bits per heavy atom. The van der Waals surface area contributed by atoms with Gasteiger partial charge in [0.05, 0.1) is 13.5 Å². The number of amides is 2. The Balaban J connectivity index is 1.82. The fourth-order valence-corrected chi connectivity index (χ4v) is 2.52. The molecule has 0 spiro atoms. The van der Waals surface area contributed by atoms with E-state index in [1.807, 2.05) is 24.3 Å². The average molecular weight is 358 g/mol. The summed E-state index contributed by atoms with van der Waals surface area (Å²) in [6, 6.07) is 13.4. The first kappa shape index (κ1) is 19.4. The molecule has 138 valence electrons. The molecule has 0 aliphatic carbocycles. The molecule has 0 aliphatic rings. The molecule has 2 amide bonds. The molecule has 2 aromatic rings. The molecule has 5 nitrogen and oxygen atoms in total.